The molecule has 20 heavy (non-hydrogen) atoms. The molecule has 2 rings (SSSR count). The fourth-order valence-electron chi connectivity index (χ4n) is 1.53. The number of ether oxygens (including phenoxy) is 2. The minimum absolute atomic E-state index is 0.433. The Labute approximate surface area is 134 Å². The van der Waals surface area contributed by atoms with Crippen molar-refractivity contribution in [2.75, 3.05) is 14.2 Å². The largest absolute Gasteiger partial charge is 0.496 e. The summed E-state index contributed by atoms with van der Waals surface area (Å²) in [5.74, 6) is 1.79. The highest BCUT2D eigenvalue weighted by atomic mass is 79.9. The van der Waals surface area contributed by atoms with E-state index in [0.29, 0.717) is 18.2 Å². The highest BCUT2D eigenvalue weighted by Gasteiger charge is 2.10. The summed E-state index contributed by atoms with van der Waals surface area (Å²) in [6.45, 7) is 0.672. The van der Waals surface area contributed by atoms with Gasteiger partial charge in [-0.3, -0.25) is 4.98 Å². The van der Waals surface area contributed by atoms with Crippen LogP contribution in [-0.4, -0.2) is 24.1 Å². The van der Waals surface area contributed by atoms with E-state index in [1.54, 1.807) is 19.5 Å². The second-order valence-electron chi connectivity index (χ2n) is 3.90. The highest BCUT2D eigenvalue weighted by molar-refractivity contribution is 9.11. The van der Waals surface area contributed by atoms with Crippen LogP contribution in [0.2, 0.25) is 0 Å². The maximum atomic E-state index is 5.70. The molecule has 1 N–H and O–H groups in total. The molecule has 7 heteroatoms. The van der Waals surface area contributed by atoms with Gasteiger partial charge in [0.15, 0.2) is 0 Å². The molecule has 0 unspecified atom stereocenters. The van der Waals surface area contributed by atoms with Gasteiger partial charge in [-0.05, 0) is 51.0 Å². The van der Waals surface area contributed by atoms with Gasteiger partial charge in [0.2, 0.25) is 5.88 Å². The molecule has 1 heterocycles. The first-order valence-electron chi connectivity index (χ1n) is 5.80. The van der Waals surface area contributed by atoms with E-state index in [0.717, 1.165) is 20.4 Å². The molecule has 0 atom stereocenters. The van der Waals surface area contributed by atoms with Crippen LogP contribution in [-0.2, 0) is 6.54 Å². The predicted octanol–water partition coefficient (Wildman–Crippen LogP) is 3.52. The normalized spacial score (nSPS) is 10.4. The lowest BCUT2D eigenvalue weighted by Gasteiger charge is -2.10. The van der Waals surface area contributed by atoms with E-state index in [9.17, 15) is 0 Å². The lowest BCUT2D eigenvalue weighted by molar-refractivity contribution is 0.408. The molecular weight excluding hydrogens is 390 g/mol. The van der Waals surface area contributed by atoms with Gasteiger partial charge in [-0.2, -0.15) is 0 Å². The number of rotatable bonds is 5. The summed E-state index contributed by atoms with van der Waals surface area (Å²) in [5, 5.41) is 3.01. The van der Waals surface area contributed by atoms with Crippen molar-refractivity contribution in [2.45, 2.75) is 6.54 Å². The third-order valence-electron chi connectivity index (χ3n) is 2.46. The Morgan fingerprint density at radius 2 is 1.80 bits per heavy atom. The molecule has 106 valence electrons. The van der Waals surface area contributed by atoms with Crippen LogP contribution in [0.15, 0.2) is 33.5 Å². The minimum Gasteiger partial charge on any atom is -0.496 e. The van der Waals surface area contributed by atoms with Crippen molar-refractivity contribution in [3.8, 4) is 17.4 Å². The first kappa shape index (κ1) is 15.2. The van der Waals surface area contributed by atoms with Crippen LogP contribution in [0.3, 0.4) is 0 Å². The van der Waals surface area contributed by atoms with E-state index in [2.05, 4.69) is 47.1 Å². The molecule has 0 fully saturated rings. The van der Waals surface area contributed by atoms with Gasteiger partial charge in [0.05, 0.1) is 34.1 Å². The van der Waals surface area contributed by atoms with Gasteiger partial charge in [-0.25, -0.2) is 4.98 Å². The van der Waals surface area contributed by atoms with Crippen molar-refractivity contribution < 1.29 is 9.47 Å². The van der Waals surface area contributed by atoms with Crippen molar-refractivity contribution in [1.29, 1.82) is 0 Å². The Balaban J connectivity index is 2.19. The Morgan fingerprint density at radius 3 is 2.40 bits per heavy atom. The molecule has 0 aliphatic rings. The second kappa shape index (κ2) is 7.01. The van der Waals surface area contributed by atoms with Gasteiger partial charge in [0, 0.05) is 6.54 Å². The van der Waals surface area contributed by atoms with Gasteiger partial charge in [0.25, 0.3) is 0 Å². The fraction of sp³-hybridized carbons (Fsp3) is 0.231. The fourth-order valence-corrected chi connectivity index (χ4v) is 2.41. The lowest BCUT2D eigenvalue weighted by atomic mass is 10.3. The van der Waals surface area contributed by atoms with Gasteiger partial charge in [0.1, 0.15) is 11.5 Å². The summed E-state index contributed by atoms with van der Waals surface area (Å²) in [6.07, 6.45) is 3.27. The third-order valence-corrected chi connectivity index (χ3v) is 3.70. The van der Waals surface area contributed by atoms with Crippen LogP contribution in [0.5, 0.6) is 17.4 Å². The van der Waals surface area contributed by atoms with Crippen LogP contribution in [0.4, 0.5) is 0 Å². The number of hydrogen-bond acceptors (Lipinski definition) is 5. The molecule has 2 aromatic rings. The molecule has 0 bridgehead atoms. The topological polar surface area (TPSA) is 56.3 Å². The third kappa shape index (κ3) is 3.68. The first-order chi connectivity index (χ1) is 9.63. The molecule has 0 saturated carbocycles. The predicted molar refractivity (Wildman–Crippen MR) is 83.3 cm³/mol. The number of aromatic nitrogens is 2. The van der Waals surface area contributed by atoms with Gasteiger partial charge >= 0.3 is 0 Å². The molecule has 1 aromatic carbocycles. The molecule has 1 aromatic heterocycles. The van der Waals surface area contributed by atoms with Crippen LogP contribution in [0, 0.1) is 0 Å². The van der Waals surface area contributed by atoms with Crippen molar-refractivity contribution in [1.82, 2.24) is 15.3 Å². The lowest BCUT2D eigenvalue weighted by Crippen LogP contribution is -2.07. The number of halogens is 2. The number of nitrogens with zero attached hydrogens (tertiary/aromatic N) is 2. The standard InChI is InChI=1S/C13H13Br2N3O2/c1-16-5-8-6-18-13(7-17-8)20-12-4-9(14)11(19-2)3-10(12)15/h3-4,6-7,16H,5H2,1-2H3. The number of hydrogen-bond donors (Lipinski definition) is 1. The minimum atomic E-state index is 0.433. The number of nitrogens with one attached hydrogen (secondary N) is 1. The second-order valence-corrected chi connectivity index (χ2v) is 5.60. The maximum absolute atomic E-state index is 5.70. The van der Waals surface area contributed by atoms with Gasteiger partial charge in [-0.1, -0.05) is 0 Å². The summed E-state index contributed by atoms with van der Waals surface area (Å²) < 4.78 is 12.5. The van der Waals surface area contributed by atoms with Crippen molar-refractivity contribution >= 4 is 31.9 Å². The number of benzene rings is 1. The quantitative estimate of drug-likeness (QED) is 0.829. The molecule has 0 amide bonds. The van der Waals surface area contributed by atoms with E-state index in [4.69, 9.17) is 9.47 Å². The smallest absolute Gasteiger partial charge is 0.237 e. The Kier molecular flexibility index (Phi) is 5.33. The molecular formula is C13H13Br2N3O2. The molecule has 0 aliphatic heterocycles. The first-order valence-corrected chi connectivity index (χ1v) is 7.39. The van der Waals surface area contributed by atoms with E-state index in [-0.39, 0.29) is 0 Å². The van der Waals surface area contributed by atoms with Gasteiger partial charge < -0.3 is 14.8 Å². The molecule has 5 nitrogen and oxygen atoms in total. The zero-order valence-electron chi connectivity index (χ0n) is 11.0. The summed E-state index contributed by atoms with van der Waals surface area (Å²) >= 11 is 6.85. The summed E-state index contributed by atoms with van der Waals surface area (Å²) in [5.41, 5.74) is 0.856. The molecule has 0 radical (unpaired) electrons. The van der Waals surface area contributed by atoms with Crippen LogP contribution in [0.25, 0.3) is 0 Å². The molecule has 0 aliphatic carbocycles. The van der Waals surface area contributed by atoms with Crippen molar-refractivity contribution in [2.24, 2.45) is 0 Å². The Morgan fingerprint density at radius 1 is 1.10 bits per heavy atom. The van der Waals surface area contributed by atoms with Crippen LogP contribution < -0.4 is 14.8 Å². The monoisotopic (exact) mass is 401 g/mol. The van der Waals surface area contributed by atoms with Crippen molar-refractivity contribution in [3.63, 3.8) is 0 Å². The molecule has 0 saturated heterocycles. The number of methoxy groups -OCH3 is 1. The summed E-state index contributed by atoms with van der Waals surface area (Å²) in [4.78, 5) is 8.46. The molecule has 0 spiro atoms. The van der Waals surface area contributed by atoms with E-state index in [1.807, 2.05) is 19.2 Å². The SMILES string of the molecule is CNCc1cnc(Oc2cc(Br)c(OC)cc2Br)cn1. The highest BCUT2D eigenvalue weighted by Crippen LogP contribution is 2.37. The van der Waals surface area contributed by atoms with Crippen LogP contribution >= 0.6 is 31.9 Å². The zero-order valence-corrected chi connectivity index (χ0v) is 14.2. The van der Waals surface area contributed by atoms with E-state index < -0.39 is 0 Å². The Bertz CT molecular complexity index is 591. The van der Waals surface area contributed by atoms with Crippen LogP contribution in [0.1, 0.15) is 5.69 Å². The maximum Gasteiger partial charge on any atom is 0.237 e. The average molecular weight is 403 g/mol. The van der Waals surface area contributed by atoms with E-state index >= 15 is 0 Å². The van der Waals surface area contributed by atoms with Gasteiger partial charge in [-0.15, -0.1) is 0 Å². The zero-order chi connectivity index (χ0) is 14.5. The summed E-state index contributed by atoms with van der Waals surface area (Å²) in [6, 6.07) is 3.63. The Hall–Kier alpha value is -1.18. The van der Waals surface area contributed by atoms with Crippen molar-refractivity contribution in [3.05, 3.63) is 39.2 Å². The summed E-state index contributed by atoms with van der Waals surface area (Å²) in [7, 11) is 3.47. The van der Waals surface area contributed by atoms with E-state index in [1.165, 1.54) is 0 Å². The average Bonchev–Trinajstić information content (AvgIpc) is 2.45.